The van der Waals surface area contributed by atoms with E-state index in [2.05, 4.69) is 11.1 Å². The second kappa shape index (κ2) is 6.72. The molecule has 1 aliphatic rings. The standard InChI is InChI=1S/C20H21N3O4S/c1-13(2)20-19-17(16-5-3-4-6-18(16)21-19)11-12-22(20)28(26,27)15-9-7-14(8-10-15)23(24)25/h3-10,13,20-21H,11-12H2,1-2H3/t20-/m0/s1. The molecule has 3 aromatic rings. The van der Waals surface area contributed by atoms with Crippen molar-refractivity contribution in [2.45, 2.75) is 31.2 Å². The molecule has 1 N–H and O–H groups in total. The number of hydrogen-bond acceptors (Lipinski definition) is 4. The molecule has 0 spiro atoms. The Morgan fingerprint density at radius 1 is 1.14 bits per heavy atom. The number of rotatable bonds is 4. The van der Waals surface area contributed by atoms with Crippen LogP contribution in [-0.2, 0) is 16.4 Å². The summed E-state index contributed by atoms with van der Waals surface area (Å²) in [7, 11) is -3.79. The monoisotopic (exact) mass is 399 g/mol. The van der Waals surface area contributed by atoms with Gasteiger partial charge in [0, 0.05) is 35.3 Å². The van der Waals surface area contributed by atoms with Gasteiger partial charge in [-0.15, -0.1) is 0 Å². The molecule has 28 heavy (non-hydrogen) atoms. The number of para-hydroxylation sites is 1. The Hall–Kier alpha value is -2.71. The minimum absolute atomic E-state index is 0.0555. The molecule has 0 bridgehead atoms. The summed E-state index contributed by atoms with van der Waals surface area (Å²) in [5.74, 6) is 0.0555. The molecule has 8 heteroatoms. The van der Waals surface area contributed by atoms with E-state index in [1.165, 1.54) is 34.1 Å². The number of aromatic nitrogens is 1. The Kier molecular flexibility index (Phi) is 4.47. The van der Waals surface area contributed by atoms with Gasteiger partial charge in [-0.1, -0.05) is 32.0 Å². The lowest BCUT2D eigenvalue weighted by molar-refractivity contribution is -0.384. The van der Waals surface area contributed by atoms with Gasteiger partial charge in [0.25, 0.3) is 5.69 Å². The molecule has 2 heterocycles. The van der Waals surface area contributed by atoms with Crippen molar-refractivity contribution in [3.05, 3.63) is 69.9 Å². The summed E-state index contributed by atoms with van der Waals surface area (Å²) < 4.78 is 28.2. The summed E-state index contributed by atoms with van der Waals surface area (Å²) in [6.07, 6.45) is 0.620. The van der Waals surface area contributed by atoms with Gasteiger partial charge >= 0.3 is 0 Å². The number of hydrogen-bond donors (Lipinski definition) is 1. The molecule has 0 aliphatic carbocycles. The number of aromatic amines is 1. The Bertz CT molecular complexity index is 1150. The average molecular weight is 399 g/mol. The Balaban J connectivity index is 1.79. The van der Waals surface area contributed by atoms with Crippen LogP contribution in [0.5, 0.6) is 0 Å². The van der Waals surface area contributed by atoms with Crippen molar-refractivity contribution in [1.29, 1.82) is 0 Å². The first-order chi connectivity index (χ1) is 13.3. The third-order valence-corrected chi connectivity index (χ3v) is 7.22. The number of nitrogens with one attached hydrogen (secondary N) is 1. The quantitative estimate of drug-likeness (QED) is 0.529. The van der Waals surface area contributed by atoms with Crippen molar-refractivity contribution < 1.29 is 13.3 Å². The zero-order valence-corrected chi connectivity index (χ0v) is 16.4. The highest BCUT2D eigenvalue weighted by molar-refractivity contribution is 7.89. The second-order valence-electron chi connectivity index (χ2n) is 7.37. The zero-order chi connectivity index (χ0) is 20.1. The number of nitro benzene ring substituents is 1. The molecule has 0 saturated heterocycles. The number of sulfonamides is 1. The van der Waals surface area contributed by atoms with Crippen molar-refractivity contribution in [1.82, 2.24) is 9.29 Å². The predicted octanol–water partition coefficient (Wildman–Crippen LogP) is 4.02. The van der Waals surface area contributed by atoms with Crippen LogP contribution in [0, 0.1) is 16.0 Å². The largest absolute Gasteiger partial charge is 0.357 e. The van der Waals surface area contributed by atoms with E-state index in [4.69, 9.17) is 0 Å². The SMILES string of the molecule is CC(C)[C@H]1c2[nH]c3ccccc3c2CCN1S(=O)(=O)c1ccc([N+](=O)[O-])cc1. The van der Waals surface area contributed by atoms with Crippen LogP contribution in [0.2, 0.25) is 0 Å². The first-order valence-corrected chi connectivity index (χ1v) is 10.6. The van der Waals surface area contributed by atoms with Crippen molar-refractivity contribution >= 4 is 26.6 Å². The van der Waals surface area contributed by atoms with E-state index in [9.17, 15) is 18.5 Å². The zero-order valence-electron chi connectivity index (χ0n) is 15.6. The maximum atomic E-state index is 13.4. The summed E-state index contributed by atoms with van der Waals surface area (Å²) in [6, 6.07) is 12.8. The highest BCUT2D eigenvalue weighted by Gasteiger charge is 2.39. The van der Waals surface area contributed by atoms with Crippen molar-refractivity contribution in [3.63, 3.8) is 0 Å². The van der Waals surface area contributed by atoms with Gasteiger partial charge in [-0.25, -0.2) is 8.42 Å². The average Bonchev–Trinajstić information content (AvgIpc) is 3.05. The van der Waals surface area contributed by atoms with Crippen LogP contribution in [0.15, 0.2) is 53.4 Å². The fourth-order valence-electron chi connectivity index (χ4n) is 4.06. The van der Waals surface area contributed by atoms with Gasteiger partial charge in [0.15, 0.2) is 0 Å². The molecule has 7 nitrogen and oxygen atoms in total. The van der Waals surface area contributed by atoms with Crippen molar-refractivity contribution in [2.24, 2.45) is 5.92 Å². The number of nitrogens with zero attached hydrogens (tertiary/aromatic N) is 2. The van der Waals surface area contributed by atoms with Crippen LogP contribution in [0.25, 0.3) is 10.9 Å². The molecule has 0 amide bonds. The van der Waals surface area contributed by atoms with Gasteiger partial charge in [0.2, 0.25) is 10.0 Å². The summed E-state index contributed by atoms with van der Waals surface area (Å²) in [5.41, 5.74) is 2.99. The maximum Gasteiger partial charge on any atom is 0.269 e. The topological polar surface area (TPSA) is 96.3 Å². The summed E-state index contributed by atoms with van der Waals surface area (Å²) >= 11 is 0. The molecule has 1 atom stereocenters. The Labute approximate surface area is 163 Å². The predicted molar refractivity (Wildman–Crippen MR) is 107 cm³/mol. The fourth-order valence-corrected chi connectivity index (χ4v) is 5.79. The maximum absolute atomic E-state index is 13.4. The molecule has 1 aliphatic heterocycles. The third-order valence-electron chi connectivity index (χ3n) is 5.32. The Morgan fingerprint density at radius 3 is 2.46 bits per heavy atom. The van der Waals surface area contributed by atoms with Gasteiger partial charge in [-0.05, 0) is 36.1 Å². The summed E-state index contributed by atoms with van der Waals surface area (Å²) in [6.45, 7) is 4.38. The molecule has 0 fully saturated rings. The number of non-ortho nitro benzene ring substituents is 1. The lowest BCUT2D eigenvalue weighted by Crippen LogP contribution is -2.42. The van der Waals surface area contributed by atoms with Crippen LogP contribution in [0.3, 0.4) is 0 Å². The molecule has 146 valence electrons. The normalized spacial score (nSPS) is 17.8. The molecule has 2 aromatic carbocycles. The molecular weight excluding hydrogens is 378 g/mol. The number of H-pyrrole nitrogens is 1. The Morgan fingerprint density at radius 2 is 1.82 bits per heavy atom. The van der Waals surface area contributed by atoms with E-state index in [1.807, 2.05) is 32.0 Å². The van der Waals surface area contributed by atoms with E-state index in [1.54, 1.807) is 0 Å². The number of fused-ring (bicyclic) bond motifs is 3. The first-order valence-electron chi connectivity index (χ1n) is 9.16. The molecular formula is C20H21N3O4S. The van der Waals surface area contributed by atoms with Crippen LogP contribution in [0.4, 0.5) is 5.69 Å². The summed E-state index contributed by atoms with van der Waals surface area (Å²) in [4.78, 5) is 13.8. The van der Waals surface area contributed by atoms with Gasteiger partial charge in [-0.3, -0.25) is 10.1 Å². The minimum Gasteiger partial charge on any atom is -0.357 e. The second-order valence-corrected chi connectivity index (χ2v) is 9.26. The number of benzene rings is 2. The third kappa shape index (κ3) is 2.89. The lowest BCUT2D eigenvalue weighted by Gasteiger charge is -2.37. The van der Waals surface area contributed by atoms with E-state index >= 15 is 0 Å². The van der Waals surface area contributed by atoms with Crippen LogP contribution >= 0.6 is 0 Å². The van der Waals surface area contributed by atoms with Crippen LogP contribution < -0.4 is 0 Å². The van der Waals surface area contributed by atoms with E-state index in [0.29, 0.717) is 13.0 Å². The van der Waals surface area contributed by atoms with Gasteiger partial charge in [0.1, 0.15) is 0 Å². The van der Waals surface area contributed by atoms with Crippen molar-refractivity contribution in [3.8, 4) is 0 Å². The van der Waals surface area contributed by atoms with Gasteiger partial charge < -0.3 is 4.98 Å². The minimum atomic E-state index is -3.79. The molecule has 1 aromatic heterocycles. The van der Waals surface area contributed by atoms with E-state index in [0.717, 1.165) is 16.6 Å². The molecule has 0 radical (unpaired) electrons. The summed E-state index contributed by atoms with van der Waals surface area (Å²) in [5, 5.41) is 12.0. The molecule has 0 unspecified atom stereocenters. The van der Waals surface area contributed by atoms with Gasteiger partial charge in [0.05, 0.1) is 15.9 Å². The number of nitro groups is 1. The molecule has 4 rings (SSSR count). The molecule has 0 saturated carbocycles. The highest BCUT2D eigenvalue weighted by atomic mass is 32.2. The lowest BCUT2D eigenvalue weighted by atomic mass is 9.92. The van der Waals surface area contributed by atoms with Crippen LogP contribution in [0.1, 0.15) is 31.1 Å². The van der Waals surface area contributed by atoms with Gasteiger partial charge in [-0.2, -0.15) is 4.31 Å². The smallest absolute Gasteiger partial charge is 0.269 e. The fraction of sp³-hybridized carbons (Fsp3) is 0.300. The van der Waals surface area contributed by atoms with Crippen molar-refractivity contribution in [2.75, 3.05) is 6.54 Å². The van der Waals surface area contributed by atoms with E-state index in [-0.39, 0.29) is 22.5 Å². The van der Waals surface area contributed by atoms with E-state index < -0.39 is 14.9 Å². The highest BCUT2D eigenvalue weighted by Crippen LogP contribution is 2.41. The first kappa shape index (κ1) is 18.6. The van der Waals surface area contributed by atoms with Crippen LogP contribution in [-0.4, -0.2) is 29.2 Å².